The zero-order valence-electron chi connectivity index (χ0n) is 17.0. The largest absolute Gasteiger partial charge is 0.493 e. The molecular weight excluding hydrogens is 442 g/mol. The Morgan fingerprint density at radius 3 is 2.47 bits per heavy atom. The summed E-state index contributed by atoms with van der Waals surface area (Å²) in [5.41, 5.74) is 6.59. The molecule has 0 saturated carbocycles. The molecule has 0 aliphatic carbocycles. The molecule has 1 amide bonds. The van der Waals surface area contributed by atoms with Crippen molar-refractivity contribution in [3.8, 4) is 17.1 Å². The van der Waals surface area contributed by atoms with Crippen molar-refractivity contribution in [1.29, 1.82) is 0 Å². The molecule has 1 aromatic heterocycles. The molecule has 0 unspecified atom stereocenters. The quantitative estimate of drug-likeness (QED) is 0.366. The average molecular weight is 464 g/mol. The van der Waals surface area contributed by atoms with Gasteiger partial charge in [0.2, 0.25) is 0 Å². The molecule has 3 aromatic carbocycles. The molecule has 4 rings (SSSR count). The summed E-state index contributed by atoms with van der Waals surface area (Å²) in [6.45, 7) is 6.62. The maximum atomic E-state index is 12.6. The van der Waals surface area contributed by atoms with Crippen LogP contribution in [0, 0.1) is 13.8 Å². The van der Waals surface area contributed by atoms with E-state index in [4.69, 9.17) is 9.72 Å². The molecule has 0 radical (unpaired) electrons. The van der Waals surface area contributed by atoms with E-state index in [9.17, 15) is 4.79 Å². The van der Waals surface area contributed by atoms with E-state index in [1.54, 1.807) is 18.2 Å². The maximum absolute atomic E-state index is 12.6. The number of carbonyl (C=O) groups excluding carboxylic acids is 1. The number of benzene rings is 3. The Bertz CT molecular complexity index is 1190. The van der Waals surface area contributed by atoms with Crippen molar-refractivity contribution < 1.29 is 9.53 Å². The zero-order valence-corrected chi connectivity index (χ0v) is 18.6. The Hall–Kier alpha value is -3.12. The van der Waals surface area contributed by atoms with Crippen LogP contribution in [0.4, 0.5) is 5.69 Å². The van der Waals surface area contributed by atoms with Gasteiger partial charge in [0.05, 0.1) is 22.1 Å². The van der Waals surface area contributed by atoms with Crippen molar-refractivity contribution in [2.75, 3.05) is 11.9 Å². The number of aromatic amines is 1. The maximum Gasteiger partial charge on any atom is 0.255 e. The molecule has 0 saturated heterocycles. The summed E-state index contributed by atoms with van der Waals surface area (Å²) < 4.78 is 6.25. The number of nitrogens with zero attached hydrogens (tertiary/aromatic N) is 1. The molecule has 0 aliphatic heterocycles. The highest BCUT2D eigenvalue weighted by Crippen LogP contribution is 2.28. The van der Waals surface area contributed by atoms with Gasteiger partial charge in [-0.05, 0) is 90.3 Å². The molecule has 0 spiro atoms. The Labute approximate surface area is 183 Å². The van der Waals surface area contributed by atoms with Crippen LogP contribution in [0.2, 0.25) is 0 Å². The number of nitrogens with one attached hydrogen (secondary N) is 2. The number of H-pyrrole nitrogens is 1. The topological polar surface area (TPSA) is 67.0 Å². The predicted octanol–water partition coefficient (Wildman–Crippen LogP) is 6.26. The first-order valence-electron chi connectivity index (χ1n) is 9.76. The van der Waals surface area contributed by atoms with Crippen LogP contribution in [0.3, 0.4) is 0 Å². The fraction of sp³-hybridized carbons (Fsp3) is 0.167. The SMILES string of the molecule is CCOc1ccc(C(=O)Nc2ccc(-c3nc4c(C)ccc(C)c4[nH]3)cc2)cc1Br. The number of imidazole rings is 1. The summed E-state index contributed by atoms with van der Waals surface area (Å²) in [7, 11) is 0. The van der Waals surface area contributed by atoms with Crippen LogP contribution in [0.15, 0.2) is 59.1 Å². The van der Waals surface area contributed by atoms with E-state index in [1.165, 1.54) is 5.56 Å². The minimum Gasteiger partial charge on any atom is -0.493 e. The summed E-state index contributed by atoms with van der Waals surface area (Å²) in [5, 5.41) is 2.93. The number of amides is 1. The molecule has 4 aromatic rings. The lowest BCUT2D eigenvalue weighted by molar-refractivity contribution is 0.102. The van der Waals surface area contributed by atoms with E-state index in [0.717, 1.165) is 43.9 Å². The van der Waals surface area contributed by atoms with Crippen LogP contribution in [0.5, 0.6) is 5.75 Å². The van der Waals surface area contributed by atoms with E-state index < -0.39 is 0 Å². The van der Waals surface area contributed by atoms with Gasteiger partial charge in [-0.15, -0.1) is 0 Å². The number of hydrogen-bond donors (Lipinski definition) is 2. The van der Waals surface area contributed by atoms with E-state index in [0.29, 0.717) is 12.2 Å². The molecule has 30 heavy (non-hydrogen) atoms. The molecule has 2 N–H and O–H groups in total. The Morgan fingerprint density at radius 1 is 1.07 bits per heavy atom. The third kappa shape index (κ3) is 3.96. The van der Waals surface area contributed by atoms with Crippen molar-refractivity contribution in [3.05, 3.63) is 75.8 Å². The van der Waals surface area contributed by atoms with Gasteiger partial charge in [0.15, 0.2) is 0 Å². The monoisotopic (exact) mass is 463 g/mol. The minimum absolute atomic E-state index is 0.179. The van der Waals surface area contributed by atoms with Crippen molar-refractivity contribution in [2.45, 2.75) is 20.8 Å². The number of aryl methyl sites for hydroxylation is 2. The minimum atomic E-state index is -0.179. The summed E-state index contributed by atoms with van der Waals surface area (Å²) in [6, 6.07) is 17.1. The predicted molar refractivity (Wildman–Crippen MR) is 124 cm³/mol. The second-order valence-corrected chi connectivity index (χ2v) is 7.97. The summed E-state index contributed by atoms with van der Waals surface area (Å²) in [4.78, 5) is 20.8. The Balaban J connectivity index is 1.53. The van der Waals surface area contributed by atoms with Gasteiger partial charge in [0.1, 0.15) is 11.6 Å². The lowest BCUT2D eigenvalue weighted by Crippen LogP contribution is -2.12. The first kappa shape index (κ1) is 20.2. The van der Waals surface area contributed by atoms with Gasteiger partial charge in [0.25, 0.3) is 5.91 Å². The Morgan fingerprint density at radius 2 is 1.80 bits per heavy atom. The van der Waals surface area contributed by atoms with Gasteiger partial charge >= 0.3 is 0 Å². The molecule has 0 fully saturated rings. The van der Waals surface area contributed by atoms with E-state index >= 15 is 0 Å². The number of hydrogen-bond acceptors (Lipinski definition) is 3. The third-order valence-corrected chi connectivity index (χ3v) is 5.58. The van der Waals surface area contributed by atoms with E-state index in [2.05, 4.69) is 52.2 Å². The zero-order chi connectivity index (χ0) is 21.3. The summed E-state index contributed by atoms with van der Waals surface area (Å²) >= 11 is 3.45. The molecule has 5 nitrogen and oxygen atoms in total. The number of rotatable bonds is 5. The van der Waals surface area contributed by atoms with E-state index in [1.807, 2.05) is 31.2 Å². The molecule has 1 heterocycles. The van der Waals surface area contributed by atoms with Crippen LogP contribution in [-0.4, -0.2) is 22.5 Å². The Kier molecular flexibility index (Phi) is 5.59. The van der Waals surface area contributed by atoms with Crippen LogP contribution in [0.25, 0.3) is 22.4 Å². The van der Waals surface area contributed by atoms with Gasteiger partial charge in [-0.2, -0.15) is 0 Å². The normalized spacial score (nSPS) is 10.9. The molecule has 6 heteroatoms. The van der Waals surface area contributed by atoms with Crippen LogP contribution in [0.1, 0.15) is 28.4 Å². The number of ether oxygens (including phenoxy) is 1. The van der Waals surface area contributed by atoms with Gasteiger partial charge in [-0.1, -0.05) is 12.1 Å². The highest BCUT2D eigenvalue weighted by molar-refractivity contribution is 9.10. The fourth-order valence-corrected chi connectivity index (χ4v) is 3.82. The smallest absolute Gasteiger partial charge is 0.255 e. The number of anilines is 1. The van der Waals surface area contributed by atoms with Crippen LogP contribution in [-0.2, 0) is 0 Å². The third-order valence-electron chi connectivity index (χ3n) is 4.97. The lowest BCUT2D eigenvalue weighted by atomic mass is 10.1. The molecule has 0 atom stereocenters. The lowest BCUT2D eigenvalue weighted by Gasteiger charge is -2.09. The molecule has 152 valence electrons. The molecular formula is C24H22BrN3O2. The van der Waals surface area contributed by atoms with Gasteiger partial charge in [-0.3, -0.25) is 4.79 Å². The number of carbonyl (C=O) groups is 1. The summed E-state index contributed by atoms with van der Waals surface area (Å²) in [6.07, 6.45) is 0. The average Bonchev–Trinajstić information content (AvgIpc) is 3.20. The van der Waals surface area contributed by atoms with Crippen molar-refractivity contribution in [1.82, 2.24) is 9.97 Å². The van der Waals surface area contributed by atoms with Crippen molar-refractivity contribution in [2.24, 2.45) is 0 Å². The second-order valence-electron chi connectivity index (χ2n) is 7.12. The van der Waals surface area contributed by atoms with Gasteiger partial charge in [-0.25, -0.2) is 4.98 Å². The van der Waals surface area contributed by atoms with E-state index in [-0.39, 0.29) is 5.91 Å². The first-order chi connectivity index (χ1) is 14.5. The first-order valence-corrected chi connectivity index (χ1v) is 10.6. The van der Waals surface area contributed by atoms with Crippen molar-refractivity contribution >= 4 is 38.6 Å². The van der Waals surface area contributed by atoms with Crippen LogP contribution >= 0.6 is 15.9 Å². The van der Waals surface area contributed by atoms with Gasteiger partial charge in [0, 0.05) is 16.8 Å². The van der Waals surface area contributed by atoms with Gasteiger partial charge < -0.3 is 15.0 Å². The second kappa shape index (κ2) is 8.32. The molecule has 0 aliphatic rings. The number of fused-ring (bicyclic) bond motifs is 1. The molecule has 0 bridgehead atoms. The summed E-state index contributed by atoms with van der Waals surface area (Å²) in [5.74, 6) is 1.35. The number of halogens is 1. The fourth-order valence-electron chi connectivity index (χ4n) is 3.32. The highest BCUT2D eigenvalue weighted by atomic mass is 79.9. The standard InChI is InChI=1S/C24H22BrN3O2/c1-4-30-20-12-9-17(13-19(20)25)24(29)26-18-10-7-16(8-11-18)23-27-21-14(2)5-6-15(3)22(21)28-23/h5-13H,4H2,1-3H3,(H,26,29)(H,27,28). The highest BCUT2D eigenvalue weighted by Gasteiger charge is 2.12. The van der Waals surface area contributed by atoms with Crippen LogP contribution < -0.4 is 10.1 Å². The number of aromatic nitrogens is 2. The van der Waals surface area contributed by atoms with Crippen molar-refractivity contribution in [3.63, 3.8) is 0 Å².